The molecule has 10 heavy (non-hydrogen) atoms. The van der Waals surface area contributed by atoms with Gasteiger partial charge in [0.05, 0.1) is 0 Å². The largest absolute Gasteiger partial charge is 0.0877 e. The topological polar surface area (TPSA) is 0 Å². The predicted octanol–water partition coefficient (Wildman–Crippen LogP) is 3.48. The molecule has 0 rings (SSSR count). The summed E-state index contributed by atoms with van der Waals surface area (Å²) in [6, 6.07) is 0. The van der Waals surface area contributed by atoms with Crippen molar-refractivity contribution in [2.24, 2.45) is 0 Å². The molecule has 0 aromatic heterocycles. The Labute approximate surface area is 64.0 Å². The fourth-order valence-electron chi connectivity index (χ4n) is 0.725. The van der Waals surface area contributed by atoms with E-state index < -0.39 is 0 Å². The fraction of sp³-hybridized carbons (Fsp3) is 0.400. The van der Waals surface area contributed by atoms with E-state index in [1.807, 2.05) is 19.9 Å². The van der Waals surface area contributed by atoms with Gasteiger partial charge in [-0.1, -0.05) is 37.3 Å². The van der Waals surface area contributed by atoms with Gasteiger partial charge in [0, 0.05) is 0 Å². The molecule has 0 N–H and O–H groups in total. The second kappa shape index (κ2) is 6.34. The minimum Gasteiger partial charge on any atom is -0.0877 e. The number of hydrogen-bond donors (Lipinski definition) is 0. The Morgan fingerprint density at radius 1 is 1.20 bits per heavy atom. The van der Waals surface area contributed by atoms with Gasteiger partial charge in [0.15, 0.2) is 0 Å². The zero-order chi connectivity index (χ0) is 7.82. The summed E-state index contributed by atoms with van der Waals surface area (Å²) in [5.74, 6) is 0. The molecule has 56 valence electrons. The van der Waals surface area contributed by atoms with Crippen molar-refractivity contribution in [1.29, 1.82) is 0 Å². The van der Waals surface area contributed by atoms with Gasteiger partial charge in [0.1, 0.15) is 0 Å². The molecular weight excluding hydrogens is 120 g/mol. The highest BCUT2D eigenvalue weighted by molar-refractivity contribution is 5.22. The summed E-state index contributed by atoms with van der Waals surface area (Å²) in [6.07, 6.45) is 11.6. The van der Waals surface area contributed by atoms with Crippen LogP contribution in [0.2, 0.25) is 0 Å². The van der Waals surface area contributed by atoms with Crippen molar-refractivity contribution in [1.82, 2.24) is 0 Å². The lowest BCUT2D eigenvalue weighted by molar-refractivity contribution is 1.15. The van der Waals surface area contributed by atoms with Crippen LogP contribution in [0.5, 0.6) is 0 Å². The maximum atomic E-state index is 2.16. The highest BCUT2D eigenvalue weighted by atomic mass is 13.9. The maximum Gasteiger partial charge on any atom is -0.0308 e. The molecule has 0 spiro atoms. The third kappa shape index (κ3) is 4.13. The van der Waals surface area contributed by atoms with E-state index in [9.17, 15) is 0 Å². The first-order valence-corrected chi connectivity index (χ1v) is 3.79. The monoisotopic (exact) mass is 136 g/mol. The minimum absolute atomic E-state index is 1.11. The molecule has 0 unspecified atom stereocenters. The molecule has 0 amide bonds. The van der Waals surface area contributed by atoms with Crippen molar-refractivity contribution >= 4 is 0 Å². The van der Waals surface area contributed by atoms with Crippen molar-refractivity contribution in [2.75, 3.05) is 0 Å². The second-order valence-corrected chi connectivity index (χ2v) is 2.12. The van der Waals surface area contributed by atoms with E-state index in [0.717, 1.165) is 6.42 Å². The van der Waals surface area contributed by atoms with Gasteiger partial charge in [-0.3, -0.25) is 0 Å². The lowest BCUT2D eigenvalue weighted by atomic mass is 10.2. The van der Waals surface area contributed by atoms with Crippen LogP contribution in [-0.4, -0.2) is 0 Å². The van der Waals surface area contributed by atoms with Crippen LogP contribution in [-0.2, 0) is 0 Å². The van der Waals surface area contributed by atoms with Crippen molar-refractivity contribution in [3.05, 3.63) is 36.0 Å². The average molecular weight is 136 g/mol. The zero-order valence-corrected chi connectivity index (χ0v) is 7.09. The third-order valence-corrected chi connectivity index (χ3v) is 1.29. The van der Waals surface area contributed by atoms with Gasteiger partial charge in [-0.2, -0.15) is 0 Å². The van der Waals surface area contributed by atoms with Gasteiger partial charge in [-0.25, -0.2) is 0 Å². The van der Waals surface area contributed by atoms with Crippen molar-refractivity contribution in [2.45, 2.75) is 27.2 Å². The molecular formula is C10H16. The predicted molar refractivity (Wildman–Crippen MR) is 48.0 cm³/mol. The van der Waals surface area contributed by atoms with Gasteiger partial charge in [0.25, 0.3) is 0 Å². The molecule has 0 fully saturated rings. The summed E-state index contributed by atoms with van der Waals surface area (Å²) in [6.45, 7) is 6.23. The van der Waals surface area contributed by atoms with Gasteiger partial charge in [-0.15, -0.1) is 0 Å². The SMILES string of the molecule is C/C=C/C=C(\C=C\C)CC. The van der Waals surface area contributed by atoms with Crippen LogP contribution >= 0.6 is 0 Å². The van der Waals surface area contributed by atoms with Crippen LogP contribution in [0.15, 0.2) is 36.0 Å². The Kier molecular flexibility index (Phi) is 5.85. The molecule has 0 aromatic rings. The Hall–Kier alpha value is -0.780. The van der Waals surface area contributed by atoms with Gasteiger partial charge < -0.3 is 0 Å². The average Bonchev–Trinajstić information content (AvgIpc) is 1.98. The summed E-state index contributed by atoms with van der Waals surface area (Å²) in [5, 5.41) is 0. The molecule has 0 saturated carbocycles. The molecule has 0 aromatic carbocycles. The van der Waals surface area contributed by atoms with Crippen LogP contribution in [0, 0.1) is 0 Å². The van der Waals surface area contributed by atoms with Gasteiger partial charge in [0.2, 0.25) is 0 Å². The molecule has 0 radical (unpaired) electrons. The molecule has 0 saturated heterocycles. The van der Waals surface area contributed by atoms with E-state index >= 15 is 0 Å². The second-order valence-electron chi connectivity index (χ2n) is 2.12. The lowest BCUT2D eigenvalue weighted by Crippen LogP contribution is -1.70. The first-order chi connectivity index (χ1) is 4.85. The molecule has 0 bridgehead atoms. The van der Waals surface area contributed by atoms with Crippen LogP contribution in [0.1, 0.15) is 27.2 Å². The number of hydrogen-bond acceptors (Lipinski definition) is 0. The molecule has 0 heteroatoms. The first-order valence-electron chi connectivity index (χ1n) is 3.79. The summed E-state index contributed by atoms with van der Waals surface area (Å²) in [5.41, 5.74) is 1.38. The summed E-state index contributed by atoms with van der Waals surface area (Å²) < 4.78 is 0. The Morgan fingerprint density at radius 2 is 1.90 bits per heavy atom. The smallest absolute Gasteiger partial charge is 0.0308 e. The van der Waals surface area contributed by atoms with E-state index in [-0.39, 0.29) is 0 Å². The van der Waals surface area contributed by atoms with E-state index in [1.165, 1.54) is 5.57 Å². The number of allylic oxidation sites excluding steroid dienone is 6. The third-order valence-electron chi connectivity index (χ3n) is 1.29. The molecule has 0 atom stereocenters. The van der Waals surface area contributed by atoms with E-state index in [4.69, 9.17) is 0 Å². The standard InChI is InChI=1S/C10H16/c1-4-7-9-10(6-3)8-5-2/h4-5,7-9H,6H2,1-3H3/b7-4+,8-5+,10-9-. The molecule has 0 aliphatic heterocycles. The summed E-state index contributed by atoms with van der Waals surface area (Å²) in [4.78, 5) is 0. The molecule has 0 heterocycles. The summed E-state index contributed by atoms with van der Waals surface area (Å²) in [7, 11) is 0. The van der Waals surface area contributed by atoms with E-state index in [0.29, 0.717) is 0 Å². The molecule has 0 aliphatic rings. The Bertz CT molecular complexity index is 147. The van der Waals surface area contributed by atoms with Crippen molar-refractivity contribution in [3.63, 3.8) is 0 Å². The highest BCUT2D eigenvalue weighted by Gasteiger charge is 1.81. The van der Waals surface area contributed by atoms with Crippen molar-refractivity contribution in [3.8, 4) is 0 Å². The normalized spacial score (nSPS) is 13.7. The highest BCUT2D eigenvalue weighted by Crippen LogP contribution is 2.01. The Morgan fingerprint density at radius 3 is 2.30 bits per heavy atom. The summed E-state index contributed by atoms with van der Waals surface area (Å²) >= 11 is 0. The van der Waals surface area contributed by atoms with Crippen LogP contribution in [0.25, 0.3) is 0 Å². The first kappa shape index (κ1) is 9.22. The molecule has 0 aliphatic carbocycles. The van der Waals surface area contributed by atoms with Crippen LogP contribution < -0.4 is 0 Å². The minimum atomic E-state index is 1.11. The maximum absolute atomic E-state index is 2.16. The zero-order valence-electron chi connectivity index (χ0n) is 7.09. The van der Waals surface area contributed by atoms with Gasteiger partial charge in [-0.05, 0) is 25.8 Å². The van der Waals surface area contributed by atoms with Gasteiger partial charge >= 0.3 is 0 Å². The number of rotatable bonds is 3. The Balaban J connectivity index is 4.04. The van der Waals surface area contributed by atoms with Crippen molar-refractivity contribution < 1.29 is 0 Å². The van der Waals surface area contributed by atoms with Crippen LogP contribution in [0.3, 0.4) is 0 Å². The van der Waals surface area contributed by atoms with Crippen LogP contribution in [0.4, 0.5) is 0 Å². The fourth-order valence-corrected chi connectivity index (χ4v) is 0.725. The van der Waals surface area contributed by atoms with E-state index in [2.05, 4.69) is 31.2 Å². The quantitative estimate of drug-likeness (QED) is 0.521. The van der Waals surface area contributed by atoms with E-state index in [1.54, 1.807) is 0 Å². The molecule has 0 nitrogen and oxygen atoms in total. The lowest BCUT2D eigenvalue weighted by Gasteiger charge is -1.91.